The molecule has 1 aromatic rings. The van der Waals surface area contributed by atoms with E-state index in [1.165, 1.54) is 0 Å². The van der Waals surface area contributed by atoms with Crippen molar-refractivity contribution in [3.05, 3.63) is 28.5 Å². The highest BCUT2D eigenvalue weighted by Gasteiger charge is 2.32. The van der Waals surface area contributed by atoms with Gasteiger partial charge in [-0.3, -0.25) is 9.78 Å². The van der Waals surface area contributed by atoms with Crippen LogP contribution in [0.2, 0.25) is 0 Å². The summed E-state index contributed by atoms with van der Waals surface area (Å²) in [7, 11) is 0. The summed E-state index contributed by atoms with van der Waals surface area (Å²) in [6.45, 7) is 5.24. The van der Waals surface area contributed by atoms with Crippen LogP contribution in [-0.2, 0) is 0 Å². The minimum absolute atomic E-state index is 0.118. The number of hydrogen-bond donors (Lipinski definition) is 0. The third kappa shape index (κ3) is 3.55. The molecule has 0 saturated heterocycles. The van der Waals surface area contributed by atoms with E-state index in [0.717, 1.165) is 30.3 Å². The van der Waals surface area contributed by atoms with Crippen LogP contribution >= 0.6 is 15.9 Å². The highest BCUT2D eigenvalue weighted by atomic mass is 79.9. The van der Waals surface area contributed by atoms with E-state index in [9.17, 15) is 4.79 Å². The molecular weight excluding hydrogens is 292 g/mol. The molecule has 1 aliphatic carbocycles. The molecule has 3 nitrogen and oxygen atoms in total. The number of rotatable bonds is 5. The quantitative estimate of drug-likeness (QED) is 0.834. The molecule has 0 radical (unpaired) electrons. The van der Waals surface area contributed by atoms with Gasteiger partial charge >= 0.3 is 0 Å². The number of amides is 1. The second kappa shape index (κ2) is 5.83. The van der Waals surface area contributed by atoms with E-state index in [1.807, 2.05) is 11.0 Å². The van der Waals surface area contributed by atoms with Crippen LogP contribution < -0.4 is 0 Å². The van der Waals surface area contributed by atoms with Gasteiger partial charge in [-0.05, 0) is 47.2 Å². The molecule has 18 heavy (non-hydrogen) atoms. The first-order valence-corrected chi connectivity index (χ1v) is 7.28. The minimum Gasteiger partial charge on any atom is -0.336 e. The van der Waals surface area contributed by atoms with Crippen LogP contribution in [0, 0.1) is 5.92 Å². The molecule has 1 fully saturated rings. The lowest BCUT2D eigenvalue weighted by Gasteiger charge is -2.23. The lowest BCUT2D eigenvalue weighted by molar-refractivity contribution is 0.0735. The molecular formula is C14H19BrN2O. The number of hydrogen-bond acceptors (Lipinski definition) is 2. The zero-order valence-corrected chi connectivity index (χ0v) is 12.5. The normalized spacial score (nSPS) is 14.9. The van der Waals surface area contributed by atoms with E-state index in [-0.39, 0.29) is 5.91 Å². The molecule has 1 saturated carbocycles. The second-order valence-electron chi connectivity index (χ2n) is 5.30. The number of aromatic nitrogens is 1. The molecule has 0 N–H and O–H groups in total. The maximum Gasteiger partial charge on any atom is 0.255 e. The summed E-state index contributed by atoms with van der Waals surface area (Å²) in [4.78, 5) is 18.5. The van der Waals surface area contributed by atoms with Gasteiger partial charge in [0.05, 0.1) is 5.56 Å². The van der Waals surface area contributed by atoms with Gasteiger partial charge in [0.1, 0.15) is 0 Å². The number of pyridine rings is 1. The van der Waals surface area contributed by atoms with Crippen molar-refractivity contribution < 1.29 is 4.79 Å². The SMILES string of the molecule is CC(C)CCN(C(=O)c1cncc(Br)c1)C1CC1. The molecule has 1 aromatic heterocycles. The molecule has 0 unspecified atom stereocenters. The highest BCUT2D eigenvalue weighted by Crippen LogP contribution is 2.29. The maximum absolute atomic E-state index is 12.5. The second-order valence-corrected chi connectivity index (χ2v) is 6.22. The van der Waals surface area contributed by atoms with Gasteiger partial charge < -0.3 is 4.90 Å². The lowest BCUT2D eigenvalue weighted by Crippen LogP contribution is -2.34. The molecule has 1 amide bonds. The third-order valence-electron chi connectivity index (χ3n) is 3.15. The molecule has 1 heterocycles. The predicted octanol–water partition coefficient (Wildman–Crippen LogP) is 3.49. The van der Waals surface area contributed by atoms with Crippen LogP contribution in [0.5, 0.6) is 0 Å². The van der Waals surface area contributed by atoms with E-state index < -0.39 is 0 Å². The fourth-order valence-electron chi connectivity index (χ4n) is 1.93. The Balaban J connectivity index is 2.08. The Morgan fingerprint density at radius 3 is 2.78 bits per heavy atom. The van der Waals surface area contributed by atoms with Crippen LogP contribution in [0.15, 0.2) is 22.9 Å². The number of nitrogens with zero attached hydrogens (tertiary/aromatic N) is 2. The maximum atomic E-state index is 12.5. The first-order chi connectivity index (χ1) is 8.58. The largest absolute Gasteiger partial charge is 0.336 e. The lowest BCUT2D eigenvalue weighted by atomic mass is 10.1. The van der Waals surface area contributed by atoms with Gasteiger partial charge in [0.2, 0.25) is 0 Å². The Morgan fingerprint density at radius 1 is 1.50 bits per heavy atom. The van der Waals surface area contributed by atoms with E-state index in [2.05, 4.69) is 34.8 Å². The van der Waals surface area contributed by atoms with Crippen LogP contribution in [0.3, 0.4) is 0 Å². The fraction of sp³-hybridized carbons (Fsp3) is 0.571. The van der Waals surface area contributed by atoms with Gasteiger partial charge in [-0.2, -0.15) is 0 Å². The highest BCUT2D eigenvalue weighted by molar-refractivity contribution is 9.10. The molecule has 0 bridgehead atoms. The summed E-state index contributed by atoms with van der Waals surface area (Å²) in [6, 6.07) is 2.30. The topological polar surface area (TPSA) is 33.2 Å². The van der Waals surface area contributed by atoms with Gasteiger partial charge in [0, 0.05) is 29.5 Å². The van der Waals surface area contributed by atoms with Gasteiger partial charge in [-0.15, -0.1) is 0 Å². The summed E-state index contributed by atoms with van der Waals surface area (Å²) in [5.74, 6) is 0.742. The van der Waals surface area contributed by atoms with E-state index in [4.69, 9.17) is 0 Å². The molecule has 0 atom stereocenters. The van der Waals surface area contributed by atoms with Gasteiger partial charge in [0.15, 0.2) is 0 Å². The van der Waals surface area contributed by atoms with E-state index >= 15 is 0 Å². The molecule has 0 aromatic carbocycles. The number of carbonyl (C=O) groups excluding carboxylic acids is 1. The van der Waals surface area contributed by atoms with Crippen molar-refractivity contribution in [2.45, 2.75) is 39.2 Å². The zero-order valence-electron chi connectivity index (χ0n) is 10.9. The van der Waals surface area contributed by atoms with Crippen molar-refractivity contribution in [1.82, 2.24) is 9.88 Å². The first kappa shape index (κ1) is 13.5. The Labute approximate surface area is 117 Å². The van der Waals surface area contributed by atoms with Gasteiger partial charge in [0.25, 0.3) is 5.91 Å². The summed E-state index contributed by atoms with van der Waals surface area (Å²) in [6.07, 6.45) is 6.70. The van der Waals surface area contributed by atoms with Crippen molar-refractivity contribution in [1.29, 1.82) is 0 Å². The van der Waals surface area contributed by atoms with Crippen LogP contribution in [0.25, 0.3) is 0 Å². The van der Waals surface area contributed by atoms with Crippen molar-refractivity contribution in [2.75, 3.05) is 6.54 Å². The Bertz CT molecular complexity index is 430. The molecule has 98 valence electrons. The van der Waals surface area contributed by atoms with Crippen molar-refractivity contribution in [3.8, 4) is 0 Å². The van der Waals surface area contributed by atoms with Gasteiger partial charge in [-0.25, -0.2) is 0 Å². The Kier molecular flexibility index (Phi) is 4.38. The molecule has 0 spiro atoms. The van der Waals surface area contributed by atoms with Crippen LogP contribution in [0.1, 0.15) is 43.5 Å². The molecule has 4 heteroatoms. The van der Waals surface area contributed by atoms with Crippen LogP contribution in [0.4, 0.5) is 0 Å². The first-order valence-electron chi connectivity index (χ1n) is 6.49. The number of halogens is 1. The minimum atomic E-state index is 0.118. The summed E-state index contributed by atoms with van der Waals surface area (Å²) < 4.78 is 0.855. The summed E-state index contributed by atoms with van der Waals surface area (Å²) in [5, 5.41) is 0. The monoisotopic (exact) mass is 310 g/mol. The van der Waals surface area contributed by atoms with E-state index in [0.29, 0.717) is 17.5 Å². The Morgan fingerprint density at radius 2 is 2.22 bits per heavy atom. The molecule has 0 aliphatic heterocycles. The van der Waals surface area contributed by atoms with Crippen molar-refractivity contribution in [3.63, 3.8) is 0 Å². The summed E-state index contributed by atoms with van der Waals surface area (Å²) >= 11 is 3.36. The van der Waals surface area contributed by atoms with Crippen molar-refractivity contribution in [2.24, 2.45) is 5.92 Å². The van der Waals surface area contributed by atoms with Crippen LogP contribution in [-0.4, -0.2) is 28.4 Å². The fourth-order valence-corrected chi connectivity index (χ4v) is 2.29. The smallest absolute Gasteiger partial charge is 0.255 e. The number of carbonyl (C=O) groups is 1. The third-order valence-corrected chi connectivity index (χ3v) is 3.58. The average molecular weight is 311 g/mol. The average Bonchev–Trinajstić information content (AvgIpc) is 3.13. The van der Waals surface area contributed by atoms with Gasteiger partial charge in [-0.1, -0.05) is 13.8 Å². The molecule has 2 rings (SSSR count). The van der Waals surface area contributed by atoms with E-state index in [1.54, 1.807) is 12.4 Å². The summed E-state index contributed by atoms with van der Waals surface area (Å²) in [5.41, 5.74) is 0.681. The Hall–Kier alpha value is -0.900. The van der Waals surface area contributed by atoms with Crippen molar-refractivity contribution >= 4 is 21.8 Å². The molecule has 1 aliphatic rings. The standard InChI is InChI=1S/C14H19BrN2O/c1-10(2)5-6-17(13-3-4-13)14(18)11-7-12(15)9-16-8-11/h7-10,13H,3-6H2,1-2H3. The predicted molar refractivity (Wildman–Crippen MR) is 75.5 cm³/mol. The zero-order chi connectivity index (χ0) is 13.1.